The maximum atomic E-state index is 11.5. The van der Waals surface area contributed by atoms with Gasteiger partial charge in [-0.2, -0.15) is 0 Å². The Morgan fingerprint density at radius 3 is 2.95 bits per heavy atom. The van der Waals surface area contributed by atoms with Crippen LogP contribution >= 0.6 is 0 Å². The van der Waals surface area contributed by atoms with E-state index in [2.05, 4.69) is 23.3 Å². The molecule has 1 atom stereocenters. The Balaban J connectivity index is 1.79. The third kappa shape index (κ3) is 2.77. The number of benzene rings is 1. The number of nitrogens with one attached hydrogen (secondary N) is 1. The van der Waals surface area contributed by atoms with E-state index in [-0.39, 0.29) is 5.92 Å². The van der Waals surface area contributed by atoms with Crippen LogP contribution in [0.25, 0.3) is 10.9 Å². The summed E-state index contributed by atoms with van der Waals surface area (Å²) in [6.45, 7) is 2.76. The molecule has 0 radical (unpaired) electrons. The lowest BCUT2D eigenvalue weighted by molar-refractivity contribution is 0.596. The molecule has 2 aromatic rings. The van der Waals surface area contributed by atoms with Crippen LogP contribution in [0.3, 0.4) is 0 Å². The van der Waals surface area contributed by atoms with Crippen LogP contribution in [-0.2, 0) is 9.84 Å². The molecule has 1 N–H and O–H groups in total. The Bertz CT molecular complexity index is 741. The van der Waals surface area contributed by atoms with E-state index in [1.807, 2.05) is 18.2 Å². The number of fused-ring (bicyclic) bond motifs is 1. The third-order valence-corrected chi connectivity index (χ3v) is 5.64. The highest BCUT2D eigenvalue weighted by molar-refractivity contribution is 7.91. The molecule has 0 spiro atoms. The van der Waals surface area contributed by atoms with Crippen LogP contribution in [0.1, 0.15) is 12.0 Å². The molecule has 106 valence electrons. The zero-order chi connectivity index (χ0) is 14.2. The van der Waals surface area contributed by atoms with Gasteiger partial charge in [0.2, 0.25) is 0 Å². The first-order valence-corrected chi connectivity index (χ1v) is 8.65. The number of anilines is 1. The molecule has 1 aromatic heterocycles. The Morgan fingerprint density at radius 2 is 2.20 bits per heavy atom. The molecule has 4 nitrogen and oxygen atoms in total. The van der Waals surface area contributed by atoms with Crippen molar-refractivity contribution in [2.24, 2.45) is 5.92 Å². The molecule has 0 saturated carbocycles. The van der Waals surface area contributed by atoms with Gasteiger partial charge in [0.1, 0.15) is 0 Å². The van der Waals surface area contributed by atoms with Crippen molar-refractivity contribution in [1.29, 1.82) is 0 Å². The van der Waals surface area contributed by atoms with Crippen molar-refractivity contribution in [2.45, 2.75) is 13.3 Å². The summed E-state index contributed by atoms with van der Waals surface area (Å²) in [6, 6.07) is 8.11. The Morgan fingerprint density at radius 1 is 1.35 bits per heavy atom. The number of hydrogen-bond donors (Lipinski definition) is 1. The van der Waals surface area contributed by atoms with Gasteiger partial charge in [0.15, 0.2) is 9.84 Å². The molecule has 1 aliphatic heterocycles. The predicted molar refractivity (Wildman–Crippen MR) is 81.7 cm³/mol. The number of hydrogen-bond acceptors (Lipinski definition) is 4. The second kappa shape index (κ2) is 5.05. The Hall–Kier alpha value is -1.62. The lowest BCUT2D eigenvalue weighted by Crippen LogP contribution is -2.15. The van der Waals surface area contributed by atoms with Crippen molar-refractivity contribution < 1.29 is 8.42 Å². The fraction of sp³-hybridized carbons (Fsp3) is 0.400. The van der Waals surface area contributed by atoms with Gasteiger partial charge in [-0.25, -0.2) is 8.42 Å². The molecule has 1 aromatic carbocycles. The number of aromatic nitrogens is 1. The zero-order valence-corrected chi connectivity index (χ0v) is 12.3. The minimum Gasteiger partial charge on any atom is -0.384 e. The first-order chi connectivity index (χ1) is 9.53. The molecule has 0 bridgehead atoms. The molecule has 1 aliphatic rings. The Kier molecular flexibility index (Phi) is 3.38. The van der Waals surface area contributed by atoms with Gasteiger partial charge in [0.25, 0.3) is 0 Å². The van der Waals surface area contributed by atoms with Crippen LogP contribution in [0.5, 0.6) is 0 Å². The van der Waals surface area contributed by atoms with Crippen LogP contribution < -0.4 is 5.32 Å². The van der Waals surface area contributed by atoms with E-state index in [9.17, 15) is 8.42 Å². The van der Waals surface area contributed by atoms with Gasteiger partial charge in [-0.1, -0.05) is 11.6 Å². The number of rotatable bonds is 3. The maximum absolute atomic E-state index is 11.5. The third-order valence-electron chi connectivity index (χ3n) is 3.80. The lowest BCUT2D eigenvalue weighted by atomic mass is 10.1. The second-order valence-corrected chi connectivity index (χ2v) is 7.76. The quantitative estimate of drug-likeness (QED) is 0.943. The summed E-state index contributed by atoms with van der Waals surface area (Å²) in [4.78, 5) is 4.35. The minimum absolute atomic E-state index is 0.216. The molecule has 5 heteroatoms. The summed E-state index contributed by atoms with van der Waals surface area (Å²) in [5.74, 6) is 0.852. The molecule has 1 fully saturated rings. The lowest BCUT2D eigenvalue weighted by Gasteiger charge is -2.13. The first kappa shape index (κ1) is 13.4. The Labute approximate surface area is 119 Å². The number of aryl methyl sites for hydroxylation is 1. The first-order valence-electron chi connectivity index (χ1n) is 6.83. The average molecular weight is 290 g/mol. The van der Waals surface area contributed by atoms with Crippen LogP contribution in [0.4, 0.5) is 5.69 Å². The van der Waals surface area contributed by atoms with Gasteiger partial charge in [-0.3, -0.25) is 4.98 Å². The van der Waals surface area contributed by atoms with Crippen LogP contribution in [0.15, 0.2) is 30.5 Å². The molecule has 0 aliphatic carbocycles. The van der Waals surface area contributed by atoms with Gasteiger partial charge in [0, 0.05) is 23.8 Å². The highest BCUT2D eigenvalue weighted by Crippen LogP contribution is 2.24. The van der Waals surface area contributed by atoms with Crippen molar-refractivity contribution in [3.63, 3.8) is 0 Å². The van der Waals surface area contributed by atoms with E-state index in [0.717, 1.165) is 23.0 Å². The molecule has 3 rings (SSSR count). The van der Waals surface area contributed by atoms with Crippen molar-refractivity contribution in [3.8, 4) is 0 Å². The molecule has 0 amide bonds. The molecule has 20 heavy (non-hydrogen) atoms. The van der Waals surface area contributed by atoms with E-state index < -0.39 is 9.84 Å². The average Bonchev–Trinajstić information content (AvgIpc) is 2.76. The van der Waals surface area contributed by atoms with Crippen molar-refractivity contribution in [1.82, 2.24) is 4.98 Å². The molecule has 2 heterocycles. The fourth-order valence-electron chi connectivity index (χ4n) is 2.70. The summed E-state index contributed by atoms with van der Waals surface area (Å²) in [5.41, 5.74) is 3.18. The summed E-state index contributed by atoms with van der Waals surface area (Å²) in [6.07, 6.45) is 2.54. The van der Waals surface area contributed by atoms with Crippen LogP contribution in [0.2, 0.25) is 0 Å². The highest BCUT2D eigenvalue weighted by atomic mass is 32.2. The van der Waals surface area contributed by atoms with Gasteiger partial charge in [-0.05, 0) is 37.5 Å². The number of sulfone groups is 1. The SMILES string of the molecule is Cc1ccc2nccc(NCC3CCS(=O)(=O)C3)c2c1. The monoisotopic (exact) mass is 290 g/mol. The highest BCUT2D eigenvalue weighted by Gasteiger charge is 2.27. The van der Waals surface area contributed by atoms with Crippen LogP contribution in [0, 0.1) is 12.8 Å². The normalized spacial score (nSPS) is 21.1. The fourth-order valence-corrected chi connectivity index (χ4v) is 4.56. The predicted octanol–water partition coefficient (Wildman–Crippen LogP) is 2.39. The van der Waals surface area contributed by atoms with Gasteiger partial charge >= 0.3 is 0 Å². The van der Waals surface area contributed by atoms with Gasteiger partial charge in [0.05, 0.1) is 17.0 Å². The standard InChI is InChI=1S/C15H18N2O2S/c1-11-2-3-14-13(8-11)15(4-6-16-14)17-9-12-5-7-20(18,19)10-12/h2-4,6,8,12H,5,7,9-10H2,1H3,(H,16,17). The minimum atomic E-state index is -2.80. The summed E-state index contributed by atoms with van der Waals surface area (Å²) >= 11 is 0. The summed E-state index contributed by atoms with van der Waals surface area (Å²) in [7, 11) is -2.80. The molecule has 1 unspecified atom stereocenters. The van der Waals surface area contributed by atoms with E-state index in [1.54, 1.807) is 6.20 Å². The van der Waals surface area contributed by atoms with Crippen molar-refractivity contribution >= 4 is 26.4 Å². The van der Waals surface area contributed by atoms with E-state index >= 15 is 0 Å². The molecular formula is C15H18N2O2S. The zero-order valence-electron chi connectivity index (χ0n) is 11.5. The maximum Gasteiger partial charge on any atom is 0.150 e. The van der Waals surface area contributed by atoms with E-state index in [0.29, 0.717) is 18.1 Å². The van der Waals surface area contributed by atoms with Crippen LogP contribution in [-0.4, -0.2) is 31.5 Å². The smallest absolute Gasteiger partial charge is 0.150 e. The second-order valence-electron chi connectivity index (χ2n) is 5.53. The van der Waals surface area contributed by atoms with Crippen molar-refractivity contribution in [2.75, 3.05) is 23.4 Å². The van der Waals surface area contributed by atoms with E-state index in [4.69, 9.17) is 0 Å². The summed E-state index contributed by atoms with van der Waals surface area (Å²) in [5, 5.41) is 4.48. The number of nitrogens with zero attached hydrogens (tertiary/aromatic N) is 1. The van der Waals surface area contributed by atoms with Gasteiger partial charge in [-0.15, -0.1) is 0 Å². The van der Waals surface area contributed by atoms with Crippen molar-refractivity contribution in [3.05, 3.63) is 36.0 Å². The van der Waals surface area contributed by atoms with Gasteiger partial charge < -0.3 is 5.32 Å². The summed E-state index contributed by atoms with van der Waals surface area (Å²) < 4.78 is 22.9. The molecular weight excluding hydrogens is 272 g/mol. The topological polar surface area (TPSA) is 59.1 Å². The van der Waals surface area contributed by atoms with E-state index in [1.165, 1.54) is 5.56 Å². The largest absolute Gasteiger partial charge is 0.384 e. The molecule has 1 saturated heterocycles. The number of pyridine rings is 1.